The quantitative estimate of drug-likeness (QED) is 0.304. The van der Waals surface area contributed by atoms with Crippen molar-refractivity contribution in [3.05, 3.63) is 11.8 Å². The lowest BCUT2D eigenvalue weighted by Crippen LogP contribution is -2.42. The van der Waals surface area contributed by atoms with Crippen LogP contribution in [0.3, 0.4) is 0 Å². The van der Waals surface area contributed by atoms with Crippen molar-refractivity contribution in [2.75, 3.05) is 32.8 Å². The molecule has 6 heteroatoms. The summed E-state index contributed by atoms with van der Waals surface area (Å²) in [5.74, 6) is -0.227. The molecule has 0 spiro atoms. The standard InChI is InChI=1S/C12H21IN2O2S/c1-3-5-6-14-7-8-15(18-13)10-11(14)9-12(16)17-4-2/h9H,3-8,10H2,1-2H3/b11-9+. The molecule has 1 fully saturated rings. The number of esters is 1. The topological polar surface area (TPSA) is 32.8 Å². The summed E-state index contributed by atoms with van der Waals surface area (Å²) in [4.78, 5) is 13.9. The Morgan fingerprint density at radius 2 is 2.28 bits per heavy atom. The number of nitrogens with zero attached hydrogens (tertiary/aromatic N) is 2. The summed E-state index contributed by atoms with van der Waals surface area (Å²) in [7, 11) is 1.70. The van der Waals surface area contributed by atoms with Crippen LogP contribution in [0.4, 0.5) is 0 Å². The maximum absolute atomic E-state index is 11.6. The maximum Gasteiger partial charge on any atom is 0.332 e. The van der Waals surface area contributed by atoms with Crippen molar-refractivity contribution in [3.8, 4) is 0 Å². The highest BCUT2D eigenvalue weighted by Gasteiger charge is 2.21. The molecule has 0 aromatic heterocycles. The van der Waals surface area contributed by atoms with E-state index < -0.39 is 0 Å². The molecule has 0 unspecified atom stereocenters. The van der Waals surface area contributed by atoms with Gasteiger partial charge in [-0.05, 0) is 22.5 Å². The van der Waals surface area contributed by atoms with E-state index in [0.29, 0.717) is 6.61 Å². The molecule has 1 aliphatic rings. The van der Waals surface area contributed by atoms with Crippen molar-refractivity contribution >= 4 is 36.3 Å². The zero-order valence-corrected chi connectivity index (χ0v) is 14.0. The van der Waals surface area contributed by atoms with E-state index in [1.807, 2.05) is 6.92 Å². The van der Waals surface area contributed by atoms with Gasteiger partial charge in [0, 0.05) is 52.6 Å². The first-order valence-corrected chi connectivity index (χ1v) is 9.68. The lowest BCUT2D eigenvalue weighted by Gasteiger charge is -2.36. The Morgan fingerprint density at radius 1 is 1.50 bits per heavy atom. The van der Waals surface area contributed by atoms with E-state index in [-0.39, 0.29) is 5.97 Å². The Labute approximate surface area is 126 Å². The number of rotatable bonds is 6. The van der Waals surface area contributed by atoms with Crippen LogP contribution in [0, 0.1) is 0 Å². The monoisotopic (exact) mass is 384 g/mol. The molecule has 0 amide bonds. The minimum atomic E-state index is -0.227. The molecular weight excluding hydrogens is 363 g/mol. The van der Waals surface area contributed by atoms with Gasteiger partial charge in [0.05, 0.1) is 13.2 Å². The normalized spacial score (nSPS) is 19.3. The second-order valence-corrected chi connectivity index (χ2v) is 6.00. The Bertz CT molecular complexity index is 300. The van der Waals surface area contributed by atoms with Crippen molar-refractivity contribution in [3.63, 3.8) is 0 Å². The number of unbranched alkanes of at least 4 members (excludes halogenated alkanes) is 1. The third-order valence-corrected chi connectivity index (χ3v) is 4.99. The van der Waals surface area contributed by atoms with Gasteiger partial charge in [-0.3, -0.25) is 0 Å². The van der Waals surface area contributed by atoms with Crippen molar-refractivity contribution in [2.24, 2.45) is 0 Å². The molecule has 1 aliphatic heterocycles. The van der Waals surface area contributed by atoms with Crippen molar-refractivity contribution in [2.45, 2.75) is 26.7 Å². The van der Waals surface area contributed by atoms with Crippen molar-refractivity contribution in [1.29, 1.82) is 0 Å². The summed E-state index contributed by atoms with van der Waals surface area (Å²) in [6.45, 7) is 8.32. The van der Waals surface area contributed by atoms with Crippen LogP contribution in [0.1, 0.15) is 26.7 Å². The predicted molar refractivity (Wildman–Crippen MR) is 84.4 cm³/mol. The van der Waals surface area contributed by atoms with Crippen molar-refractivity contribution < 1.29 is 9.53 Å². The third-order valence-electron chi connectivity index (χ3n) is 2.81. The lowest BCUT2D eigenvalue weighted by molar-refractivity contribution is -0.137. The lowest BCUT2D eigenvalue weighted by atomic mass is 10.2. The van der Waals surface area contributed by atoms with E-state index in [1.54, 1.807) is 15.2 Å². The molecular formula is C12H21IN2O2S. The molecule has 0 aromatic carbocycles. The molecule has 1 rings (SSSR count). The smallest absolute Gasteiger partial charge is 0.332 e. The Kier molecular flexibility index (Phi) is 8.08. The molecule has 4 nitrogen and oxygen atoms in total. The summed E-state index contributed by atoms with van der Waals surface area (Å²) in [5.41, 5.74) is 1.08. The van der Waals surface area contributed by atoms with Crippen molar-refractivity contribution in [1.82, 2.24) is 9.21 Å². The van der Waals surface area contributed by atoms with Gasteiger partial charge in [-0.1, -0.05) is 13.3 Å². The summed E-state index contributed by atoms with van der Waals surface area (Å²) < 4.78 is 7.26. The molecule has 1 saturated heterocycles. The first kappa shape index (κ1) is 16.1. The Hall–Kier alpha value is 0.0500. The maximum atomic E-state index is 11.6. The first-order valence-electron chi connectivity index (χ1n) is 6.37. The second kappa shape index (κ2) is 9.03. The predicted octanol–water partition coefficient (Wildman–Crippen LogP) is 2.85. The van der Waals surface area contributed by atoms with Crippen LogP contribution in [0.2, 0.25) is 0 Å². The van der Waals surface area contributed by atoms with Gasteiger partial charge in [-0.15, -0.1) is 0 Å². The summed E-state index contributed by atoms with van der Waals surface area (Å²) in [6.07, 6.45) is 3.99. The molecule has 0 atom stereocenters. The van der Waals surface area contributed by atoms with Gasteiger partial charge in [0.2, 0.25) is 0 Å². The zero-order chi connectivity index (χ0) is 13.4. The highest BCUT2D eigenvalue weighted by atomic mass is 127. The summed E-state index contributed by atoms with van der Waals surface area (Å²) in [5, 5.41) is 0. The van der Waals surface area contributed by atoms with Crippen LogP contribution in [-0.4, -0.2) is 48.0 Å². The van der Waals surface area contributed by atoms with E-state index in [0.717, 1.165) is 38.3 Å². The van der Waals surface area contributed by atoms with Crippen LogP contribution < -0.4 is 0 Å². The highest BCUT2D eigenvalue weighted by Crippen LogP contribution is 2.24. The van der Waals surface area contributed by atoms with Gasteiger partial charge in [0.15, 0.2) is 0 Å². The second-order valence-electron chi connectivity index (χ2n) is 4.16. The average molecular weight is 384 g/mol. The van der Waals surface area contributed by atoms with E-state index >= 15 is 0 Å². The zero-order valence-electron chi connectivity index (χ0n) is 11.0. The van der Waals surface area contributed by atoms with Gasteiger partial charge in [-0.2, -0.15) is 0 Å². The minimum absolute atomic E-state index is 0.227. The van der Waals surface area contributed by atoms with Crippen LogP contribution in [0.25, 0.3) is 0 Å². The van der Waals surface area contributed by atoms with Crippen LogP contribution in [0.5, 0.6) is 0 Å². The molecule has 0 N–H and O–H groups in total. The summed E-state index contributed by atoms with van der Waals surface area (Å²) >= 11 is 2.28. The van der Waals surface area contributed by atoms with Gasteiger partial charge in [-0.25, -0.2) is 9.10 Å². The molecule has 0 aromatic rings. The van der Waals surface area contributed by atoms with Crippen LogP contribution in [0.15, 0.2) is 11.8 Å². The van der Waals surface area contributed by atoms with Gasteiger partial charge >= 0.3 is 5.97 Å². The van der Waals surface area contributed by atoms with E-state index in [1.165, 1.54) is 6.42 Å². The largest absolute Gasteiger partial charge is 0.463 e. The summed E-state index contributed by atoms with van der Waals surface area (Å²) in [6, 6.07) is 0. The van der Waals surface area contributed by atoms with Gasteiger partial charge in [0.1, 0.15) is 0 Å². The molecule has 18 heavy (non-hydrogen) atoms. The fourth-order valence-corrected chi connectivity index (χ4v) is 3.20. The third kappa shape index (κ3) is 5.36. The fourth-order valence-electron chi connectivity index (χ4n) is 1.86. The first-order chi connectivity index (χ1) is 8.71. The van der Waals surface area contributed by atoms with Crippen LogP contribution >= 0.6 is 30.3 Å². The number of hydrogen-bond donors (Lipinski definition) is 0. The molecule has 104 valence electrons. The number of carbonyl (C=O) groups excluding carboxylic acids is 1. The molecule has 0 aliphatic carbocycles. The number of halogens is 1. The van der Waals surface area contributed by atoms with Gasteiger partial charge < -0.3 is 9.64 Å². The van der Waals surface area contributed by atoms with Crippen LogP contribution in [-0.2, 0) is 9.53 Å². The SMILES string of the molecule is CCCCN1CCN(SI)C/C1=C\C(=O)OCC. The highest BCUT2D eigenvalue weighted by molar-refractivity contribution is 14.2. The van der Waals surface area contributed by atoms with Gasteiger partial charge in [0.25, 0.3) is 0 Å². The van der Waals surface area contributed by atoms with E-state index in [9.17, 15) is 4.79 Å². The Morgan fingerprint density at radius 3 is 2.89 bits per heavy atom. The molecule has 0 saturated carbocycles. The minimum Gasteiger partial charge on any atom is -0.463 e. The molecule has 0 radical (unpaired) electrons. The van der Waals surface area contributed by atoms with E-state index in [2.05, 4.69) is 37.3 Å². The number of piperazine rings is 1. The molecule has 1 heterocycles. The number of carbonyl (C=O) groups is 1. The fraction of sp³-hybridized carbons (Fsp3) is 0.750. The van der Waals surface area contributed by atoms with E-state index in [4.69, 9.17) is 4.74 Å². The Balaban J connectivity index is 2.66. The number of hydrogen-bond acceptors (Lipinski definition) is 5. The average Bonchev–Trinajstić information content (AvgIpc) is 2.37. The molecule has 0 bridgehead atoms. The number of ether oxygens (including phenoxy) is 1.